The molecule has 2 rings (SSSR count). The van der Waals surface area contributed by atoms with E-state index in [1.54, 1.807) is 13.8 Å². The van der Waals surface area contributed by atoms with Crippen molar-refractivity contribution in [3.63, 3.8) is 0 Å². The van der Waals surface area contributed by atoms with Crippen molar-refractivity contribution in [2.24, 2.45) is 5.92 Å². The molecule has 25 heavy (non-hydrogen) atoms. The molecule has 2 aliphatic rings. The highest BCUT2D eigenvalue weighted by atomic mass is 35.5. The molecule has 2 aliphatic carbocycles. The first-order valence-corrected chi connectivity index (χ1v) is 9.17. The van der Waals surface area contributed by atoms with Gasteiger partial charge in [0, 0.05) is 33.5 Å². The molecular weight excluding hydrogens is 410 g/mol. The molecule has 4 nitrogen and oxygen atoms in total. The fraction of sp³-hybridized carbons (Fsp3) is 0.706. The van der Waals surface area contributed by atoms with E-state index >= 15 is 0 Å². The van der Waals surface area contributed by atoms with Crippen LogP contribution in [0.2, 0.25) is 0 Å². The van der Waals surface area contributed by atoms with Crippen molar-refractivity contribution < 1.29 is 19.0 Å². The molecule has 0 N–H and O–H groups in total. The van der Waals surface area contributed by atoms with E-state index in [2.05, 4.69) is 11.8 Å². The molecule has 0 aliphatic heterocycles. The third-order valence-electron chi connectivity index (χ3n) is 4.66. The number of hydrogen-bond donors (Lipinski definition) is 0. The molecule has 0 aromatic carbocycles. The van der Waals surface area contributed by atoms with Crippen molar-refractivity contribution in [3.8, 4) is 11.8 Å². The highest BCUT2D eigenvalue weighted by Crippen LogP contribution is 2.72. The lowest BCUT2D eigenvalue weighted by atomic mass is 9.88. The van der Waals surface area contributed by atoms with Crippen LogP contribution in [0.1, 0.15) is 33.6 Å². The number of fused-ring (bicyclic) bond motifs is 2. The highest BCUT2D eigenvalue weighted by molar-refractivity contribution is 6.51. The van der Waals surface area contributed by atoms with Gasteiger partial charge in [0.1, 0.15) is 9.75 Å². The van der Waals surface area contributed by atoms with Gasteiger partial charge in [0.25, 0.3) is 0 Å². The van der Waals surface area contributed by atoms with Gasteiger partial charge in [0.15, 0.2) is 5.60 Å². The molecule has 0 saturated heterocycles. The molecular formula is C17H20Cl4O4. The fourth-order valence-corrected chi connectivity index (χ4v) is 5.84. The van der Waals surface area contributed by atoms with Gasteiger partial charge in [-0.1, -0.05) is 35.0 Å². The molecule has 0 radical (unpaired) electrons. The third-order valence-corrected chi connectivity index (χ3v) is 7.29. The maximum Gasteiger partial charge on any atom is 0.304 e. The van der Waals surface area contributed by atoms with Crippen molar-refractivity contribution in [3.05, 3.63) is 10.1 Å². The normalized spacial score (nSPS) is 33.2. The van der Waals surface area contributed by atoms with Crippen molar-refractivity contribution >= 4 is 52.4 Å². The Balaban J connectivity index is 2.34. The van der Waals surface area contributed by atoms with Gasteiger partial charge in [0.2, 0.25) is 5.79 Å². The Morgan fingerprint density at radius 1 is 1.24 bits per heavy atom. The molecule has 0 unspecified atom stereocenters. The molecule has 8 heteroatoms. The number of alkyl halides is 2. The number of methoxy groups -OCH3 is 2. The van der Waals surface area contributed by atoms with Crippen molar-refractivity contribution in [2.75, 3.05) is 14.2 Å². The Labute approximate surface area is 168 Å². The predicted molar refractivity (Wildman–Crippen MR) is 99.0 cm³/mol. The number of carbonyl (C=O) groups excluding carboxylic acids is 1. The van der Waals surface area contributed by atoms with E-state index in [1.807, 2.05) is 0 Å². The van der Waals surface area contributed by atoms with Crippen LogP contribution in [0.5, 0.6) is 0 Å². The minimum atomic E-state index is -1.39. The second-order valence-electron chi connectivity index (χ2n) is 6.68. The Morgan fingerprint density at radius 3 is 2.24 bits per heavy atom. The van der Waals surface area contributed by atoms with E-state index in [1.165, 1.54) is 21.1 Å². The van der Waals surface area contributed by atoms with Crippen LogP contribution in [0, 0.1) is 17.8 Å². The summed E-state index contributed by atoms with van der Waals surface area (Å²) in [6, 6.07) is 0. The number of hydrogen-bond acceptors (Lipinski definition) is 4. The van der Waals surface area contributed by atoms with Crippen molar-refractivity contribution in [1.29, 1.82) is 0 Å². The van der Waals surface area contributed by atoms with E-state index in [0.717, 1.165) is 0 Å². The second-order valence-corrected chi connectivity index (χ2v) is 8.67. The minimum Gasteiger partial charge on any atom is -0.447 e. The molecule has 1 fully saturated rings. The Bertz CT molecular complexity index is 674. The van der Waals surface area contributed by atoms with E-state index < -0.39 is 27.1 Å². The topological polar surface area (TPSA) is 44.8 Å². The number of esters is 1. The van der Waals surface area contributed by atoms with Crippen LogP contribution in [0.4, 0.5) is 0 Å². The average molecular weight is 430 g/mol. The zero-order valence-electron chi connectivity index (χ0n) is 14.6. The zero-order chi connectivity index (χ0) is 19.3. The first-order chi connectivity index (χ1) is 11.4. The van der Waals surface area contributed by atoms with Crippen molar-refractivity contribution in [1.82, 2.24) is 0 Å². The van der Waals surface area contributed by atoms with Gasteiger partial charge >= 0.3 is 5.97 Å². The van der Waals surface area contributed by atoms with Gasteiger partial charge in [0.05, 0.1) is 10.1 Å². The lowest BCUT2D eigenvalue weighted by Gasteiger charge is -2.41. The summed E-state index contributed by atoms with van der Waals surface area (Å²) < 4.78 is 16.3. The molecule has 0 spiro atoms. The third kappa shape index (κ3) is 2.88. The van der Waals surface area contributed by atoms with E-state index in [9.17, 15) is 4.79 Å². The van der Waals surface area contributed by atoms with Crippen LogP contribution in [0.25, 0.3) is 0 Å². The maximum atomic E-state index is 11.1. The predicted octanol–water partition coefficient (Wildman–Crippen LogP) is 4.39. The minimum absolute atomic E-state index is 0.215. The molecule has 0 aromatic rings. The SMILES string of the molecule is COC1(OC)[C@]2(Cl)C[C@@H](CC#CC(C)(C)OC(C)=O)[C@@]1(Cl)C(Cl)=C2Cl. The standard InChI is InChI=1S/C17H20Cl4O4/c1-10(22)25-14(2,3)8-6-7-11-9-15(20)12(18)13(19)16(11,21)17(15,23-4)24-5/h11H,7,9H2,1-5H3/t11-,15+,16-/m1/s1. The maximum absolute atomic E-state index is 11.1. The van der Waals surface area contributed by atoms with Crippen LogP contribution >= 0.6 is 46.4 Å². The molecule has 3 atom stereocenters. The average Bonchev–Trinajstić information content (AvgIpc) is 2.76. The van der Waals surface area contributed by atoms with Gasteiger partial charge in [-0.15, -0.1) is 23.2 Å². The van der Waals surface area contributed by atoms with Crippen LogP contribution in [-0.2, 0) is 19.0 Å². The molecule has 0 amide bonds. The number of rotatable bonds is 4. The quantitative estimate of drug-likeness (QED) is 0.287. The smallest absolute Gasteiger partial charge is 0.304 e. The summed E-state index contributed by atoms with van der Waals surface area (Å²) in [5.41, 5.74) is -0.904. The fourth-order valence-electron chi connectivity index (χ4n) is 3.75. The second kappa shape index (κ2) is 6.78. The zero-order valence-corrected chi connectivity index (χ0v) is 17.7. The van der Waals surface area contributed by atoms with Gasteiger partial charge in [-0.25, -0.2) is 0 Å². The van der Waals surface area contributed by atoms with E-state index in [-0.39, 0.29) is 16.0 Å². The first-order valence-electron chi connectivity index (χ1n) is 7.66. The number of carbonyl (C=O) groups is 1. The van der Waals surface area contributed by atoms with Gasteiger partial charge in [-0.3, -0.25) is 4.79 Å². The molecule has 0 heterocycles. The van der Waals surface area contributed by atoms with Crippen LogP contribution in [0.15, 0.2) is 10.1 Å². The largest absolute Gasteiger partial charge is 0.447 e. The summed E-state index contributed by atoms with van der Waals surface area (Å²) in [5, 5.41) is 0.450. The first kappa shape index (κ1) is 21.2. The van der Waals surface area contributed by atoms with E-state index in [0.29, 0.717) is 12.8 Å². The van der Waals surface area contributed by atoms with Crippen LogP contribution < -0.4 is 0 Å². The molecule has 0 aromatic heterocycles. The van der Waals surface area contributed by atoms with Gasteiger partial charge in [-0.2, -0.15) is 0 Å². The Kier molecular flexibility index (Phi) is 5.74. The summed E-state index contributed by atoms with van der Waals surface area (Å²) in [6.07, 6.45) is 0.745. The summed E-state index contributed by atoms with van der Waals surface area (Å²) in [5.74, 6) is 3.89. The molecule has 140 valence electrons. The van der Waals surface area contributed by atoms with E-state index in [4.69, 9.17) is 60.6 Å². The number of halogens is 4. The van der Waals surface area contributed by atoms with Crippen LogP contribution in [0.3, 0.4) is 0 Å². The Morgan fingerprint density at radius 2 is 1.80 bits per heavy atom. The monoisotopic (exact) mass is 428 g/mol. The molecule has 1 saturated carbocycles. The van der Waals surface area contributed by atoms with Crippen LogP contribution in [-0.4, -0.2) is 41.3 Å². The summed E-state index contributed by atoms with van der Waals surface area (Å²) in [6.45, 7) is 4.75. The molecule has 2 bridgehead atoms. The number of ether oxygens (including phenoxy) is 3. The Hall–Kier alpha value is -0.150. The van der Waals surface area contributed by atoms with Crippen molar-refractivity contribution in [2.45, 2.75) is 54.7 Å². The highest BCUT2D eigenvalue weighted by Gasteiger charge is 2.80. The van der Waals surface area contributed by atoms with Gasteiger partial charge < -0.3 is 14.2 Å². The lowest BCUT2D eigenvalue weighted by molar-refractivity contribution is -0.218. The summed E-state index contributed by atoms with van der Waals surface area (Å²) >= 11 is 26.4. The van der Waals surface area contributed by atoms with Gasteiger partial charge in [-0.05, 0) is 20.3 Å². The summed E-state index contributed by atoms with van der Waals surface area (Å²) in [7, 11) is 2.91. The lowest BCUT2D eigenvalue weighted by Crippen LogP contribution is -2.56. The summed E-state index contributed by atoms with van der Waals surface area (Å²) in [4.78, 5) is 8.68.